The van der Waals surface area contributed by atoms with Crippen molar-refractivity contribution in [2.75, 3.05) is 11.9 Å². The minimum absolute atomic E-state index is 0.0934. The van der Waals surface area contributed by atoms with Gasteiger partial charge in [0, 0.05) is 42.0 Å². The molecule has 2 aliphatic heterocycles. The van der Waals surface area contributed by atoms with E-state index in [1.54, 1.807) is 11.0 Å². The highest BCUT2D eigenvalue weighted by Gasteiger charge is 2.47. The maximum Gasteiger partial charge on any atom is 0.255 e. The van der Waals surface area contributed by atoms with Crippen LogP contribution in [0.5, 0.6) is 0 Å². The molecule has 35 heavy (non-hydrogen) atoms. The van der Waals surface area contributed by atoms with Gasteiger partial charge in [-0.05, 0) is 49.4 Å². The Kier molecular flexibility index (Phi) is 5.36. The normalized spacial score (nSPS) is 18.7. The lowest BCUT2D eigenvalue weighted by Crippen LogP contribution is -2.42. The molecule has 1 fully saturated rings. The van der Waals surface area contributed by atoms with E-state index < -0.39 is 6.04 Å². The first kappa shape index (κ1) is 21.6. The van der Waals surface area contributed by atoms with E-state index in [9.17, 15) is 14.4 Å². The topological polar surface area (TPSA) is 96.3 Å². The quantitative estimate of drug-likeness (QED) is 0.579. The maximum absolute atomic E-state index is 13.1. The van der Waals surface area contributed by atoms with Crippen molar-refractivity contribution in [1.29, 1.82) is 0 Å². The van der Waals surface area contributed by atoms with Crippen molar-refractivity contribution in [2.45, 2.75) is 50.7 Å². The maximum atomic E-state index is 13.1. The smallest absolute Gasteiger partial charge is 0.255 e. The van der Waals surface area contributed by atoms with Gasteiger partial charge < -0.3 is 20.1 Å². The molecule has 1 atom stereocenters. The van der Waals surface area contributed by atoms with Crippen molar-refractivity contribution < 1.29 is 14.4 Å². The fraction of sp³-hybridized carbons (Fsp3) is 0.333. The Morgan fingerprint density at radius 2 is 1.91 bits per heavy atom. The molecule has 2 aromatic carbocycles. The number of rotatable bonds is 6. The molecule has 3 heterocycles. The lowest BCUT2D eigenvalue weighted by Gasteiger charge is -2.24. The third-order valence-electron chi connectivity index (χ3n) is 6.96. The summed E-state index contributed by atoms with van der Waals surface area (Å²) >= 11 is 0. The number of benzene rings is 2. The lowest BCUT2D eigenvalue weighted by atomic mass is 10.0. The van der Waals surface area contributed by atoms with Crippen LogP contribution < -0.4 is 10.6 Å². The molecule has 178 valence electrons. The van der Waals surface area contributed by atoms with Crippen LogP contribution in [0.2, 0.25) is 0 Å². The number of aryl methyl sites for hydroxylation is 2. The first-order valence-electron chi connectivity index (χ1n) is 12.2. The summed E-state index contributed by atoms with van der Waals surface area (Å²) in [5.41, 5.74) is 3.76. The van der Waals surface area contributed by atoms with E-state index in [1.165, 1.54) is 6.42 Å². The molecular formula is C27H27N5O3. The van der Waals surface area contributed by atoms with Crippen molar-refractivity contribution in [1.82, 2.24) is 19.8 Å². The minimum atomic E-state index is -0.686. The second-order valence-corrected chi connectivity index (χ2v) is 9.47. The minimum Gasteiger partial charge on any atom is -0.345 e. The second kappa shape index (κ2) is 8.69. The zero-order chi connectivity index (χ0) is 23.9. The Balaban J connectivity index is 1.11. The summed E-state index contributed by atoms with van der Waals surface area (Å²) in [5.74, 6) is 0.346. The summed E-state index contributed by atoms with van der Waals surface area (Å²) in [6.45, 7) is 0.820. The molecule has 0 spiro atoms. The van der Waals surface area contributed by atoms with E-state index in [4.69, 9.17) is 4.98 Å². The molecule has 3 amide bonds. The van der Waals surface area contributed by atoms with E-state index in [-0.39, 0.29) is 30.3 Å². The van der Waals surface area contributed by atoms with E-state index in [2.05, 4.69) is 21.4 Å². The van der Waals surface area contributed by atoms with Crippen LogP contribution in [0, 0.1) is 0 Å². The summed E-state index contributed by atoms with van der Waals surface area (Å²) in [6, 6.07) is 14.2. The number of nitrogens with one attached hydrogen (secondary N) is 2. The molecule has 0 radical (unpaired) electrons. The van der Waals surface area contributed by atoms with Gasteiger partial charge in [-0.1, -0.05) is 30.3 Å². The predicted octanol–water partition coefficient (Wildman–Crippen LogP) is 3.30. The molecule has 3 aromatic rings. The Bertz CT molecular complexity index is 1300. The first-order chi connectivity index (χ1) is 17.1. The highest BCUT2D eigenvalue weighted by atomic mass is 16.2. The van der Waals surface area contributed by atoms with Gasteiger partial charge in [-0.15, -0.1) is 0 Å². The summed E-state index contributed by atoms with van der Waals surface area (Å²) in [6.07, 6.45) is 7.20. The average Bonchev–Trinajstić information content (AvgIpc) is 3.54. The fourth-order valence-corrected chi connectivity index (χ4v) is 5.11. The van der Waals surface area contributed by atoms with Gasteiger partial charge in [0.1, 0.15) is 11.9 Å². The number of aromatic nitrogens is 2. The zero-order valence-electron chi connectivity index (χ0n) is 19.4. The monoisotopic (exact) mass is 469 g/mol. The molecule has 2 N–H and O–H groups in total. The third-order valence-corrected chi connectivity index (χ3v) is 6.96. The van der Waals surface area contributed by atoms with Crippen LogP contribution in [0.15, 0.2) is 54.7 Å². The predicted molar refractivity (Wildman–Crippen MR) is 131 cm³/mol. The van der Waals surface area contributed by atoms with Crippen molar-refractivity contribution in [2.24, 2.45) is 0 Å². The number of anilines is 1. The molecule has 3 aliphatic rings. The Morgan fingerprint density at radius 3 is 2.74 bits per heavy atom. The van der Waals surface area contributed by atoms with E-state index in [0.717, 1.165) is 49.3 Å². The van der Waals surface area contributed by atoms with Gasteiger partial charge in [0.05, 0.1) is 12.2 Å². The number of carbonyl (C=O) groups is 3. The molecule has 1 aliphatic carbocycles. The molecule has 8 nitrogen and oxygen atoms in total. The fourth-order valence-electron chi connectivity index (χ4n) is 5.11. The number of hydrogen-bond acceptors (Lipinski definition) is 4. The van der Waals surface area contributed by atoms with Crippen molar-refractivity contribution in [3.63, 3.8) is 0 Å². The third kappa shape index (κ3) is 4.09. The average molecular weight is 470 g/mol. The molecule has 8 heteroatoms. The number of nitrogens with zero attached hydrogens (tertiary/aromatic N) is 3. The summed E-state index contributed by atoms with van der Waals surface area (Å²) in [7, 11) is 0. The van der Waals surface area contributed by atoms with Crippen LogP contribution in [-0.4, -0.2) is 44.8 Å². The molecular weight excluding hydrogens is 442 g/mol. The van der Waals surface area contributed by atoms with Crippen molar-refractivity contribution >= 4 is 23.4 Å². The molecule has 0 saturated heterocycles. The van der Waals surface area contributed by atoms with Gasteiger partial charge >= 0.3 is 0 Å². The van der Waals surface area contributed by atoms with Gasteiger partial charge in [-0.25, -0.2) is 4.98 Å². The SMILES string of the molecule is O=C(CNC(=O)C1c2ccccc2C(=O)N1C1CC1)Nc1cccc(-c2cn3c(n2)CCCC3)c1. The van der Waals surface area contributed by atoms with Crippen LogP contribution in [0.3, 0.4) is 0 Å². The summed E-state index contributed by atoms with van der Waals surface area (Å²) in [5, 5.41) is 5.60. The standard InChI is InChI=1S/C27H27N5O3/c33-24(29-18-7-5-6-17(14-18)22-16-31-13-4-3-10-23(31)30-22)15-28-26(34)25-20-8-1-2-9-21(20)27(35)32(25)19-11-12-19/h1-2,5-9,14,16,19,25H,3-4,10-13,15H2,(H,28,34)(H,29,33). The van der Waals surface area contributed by atoms with Gasteiger partial charge in [-0.2, -0.15) is 0 Å². The van der Waals surface area contributed by atoms with Gasteiger partial charge in [0.15, 0.2) is 0 Å². The number of amides is 3. The van der Waals surface area contributed by atoms with Gasteiger partial charge in [-0.3, -0.25) is 14.4 Å². The molecule has 1 unspecified atom stereocenters. The zero-order valence-corrected chi connectivity index (χ0v) is 19.4. The number of imidazole rings is 1. The van der Waals surface area contributed by atoms with Gasteiger partial charge in [0.25, 0.3) is 5.91 Å². The Labute approximate surface area is 203 Å². The lowest BCUT2D eigenvalue weighted by molar-refractivity contribution is -0.127. The Morgan fingerprint density at radius 1 is 1.06 bits per heavy atom. The number of hydrogen-bond donors (Lipinski definition) is 2. The van der Waals surface area contributed by atoms with Crippen LogP contribution in [0.25, 0.3) is 11.3 Å². The molecule has 1 aromatic heterocycles. The highest BCUT2D eigenvalue weighted by molar-refractivity contribution is 6.05. The van der Waals surface area contributed by atoms with Crippen LogP contribution in [0.1, 0.15) is 53.5 Å². The van der Waals surface area contributed by atoms with Crippen LogP contribution in [0.4, 0.5) is 5.69 Å². The summed E-state index contributed by atoms with van der Waals surface area (Å²) < 4.78 is 2.20. The van der Waals surface area contributed by atoms with Crippen molar-refractivity contribution in [3.8, 4) is 11.3 Å². The molecule has 0 bridgehead atoms. The van der Waals surface area contributed by atoms with E-state index in [1.807, 2.05) is 42.5 Å². The highest BCUT2D eigenvalue weighted by Crippen LogP contribution is 2.41. The number of carbonyl (C=O) groups excluding carboxylic acids is 3. The van der Waals surface area contributed by atoms with Gasteiger partial charge in [0.2, 0.25) is 11.8 Å². The number of fused-ring (bicyclic) bond motifs is 2. The largest absolute Gasteiger partial charge is 0.345 e. The first-order valence-corrected chi connectivity index (χ1v) is 12.2. The second-order valence-electron chi connectivity index (χ2n) is 9.47. The van der Waals surface area contributed by atoms with Crippen LogP contribution >= 0.6 is 0 Å². The Hall–Kier alpha value is -3.94. The van der Waals surface area contributed by atoms with E-state index >= 15 is 0 Å². The van der Waals surface area contributed by atoms with Crippen molar-refractivity contribution in [3.05, 3.63) is 71.7 Å². The van der Waals surface area contributed by atoms with E-state index in [0.29, 0.717) is 16.8 Å². The molecule has 1 saturated carbocycles. The molecule has 6 rings (SSSR count). The van der Waals surface area contributed by atoms with Crippen LogP contribution in [-0.2, 0) is 22.6 Å². The summed E-state index contributed by atoms with van der Waals surface area (Å²) in [4.78, 5) is 45.0.